The summed E-state index contributed by atoms with van der Waals surface area (Å²) in [6.45, 7) is -0.563. The number of benzene rings is 1. The van der Waals surface area contributed by atoms with Crippen molar-refractivity contribution < 1.29 is 38.7 Å². The summed E-state index contributed by atoms with van der Waals surface area (Å²) >= 11 is 6.47. The minimum absolute atomic E-state index is 0.0155. The van der Waals surface area contributed by atoms with Crippen LogP contribution in [0.1, 0.15) is 43.9 Å². The van der Waals surface area contributed by atoms with Crippen molar-refractivity contribution in [3.63, 3.8) is 0 Å². The Hall–Kier alpha value is -1.76. The van der Waals surface area contributed by atoms with Gasteiger partial charge < -0.3 is 39.1 Å². The van der Waals surface area contributed by atoms with E-state index < -0.39 is 53.0 Å². The second kappa shape index (κ2) is 10.8. The molecule has 5 unspecified atom stereocenters. The van der Waals surface area contributed by atoms with Crippen LogP contribution < -0.4 is 4.90 Å². The molecule has 40 heavy (non-hydrogen) atoms. The second-order valence-electron chi connectivity index (χ2n) is 10.6. The first-order chi connectivity index (χ1) is 19.1. The maximum atomic E-state index is 12.0. The minimum Gasteiger partial charge on any atom is -0.387 e. The van der Waals surface area contributed by atoms with E-state index in [2.05, 4.69) is 32.0 Å². The zero-order valence-corrected chi connectivity index (χ0v) is 23.9. The zero-order valence-electron chi connectivity index (χ0n) is 21.3. The van der Waals surface area contributed by atoms with E-state index in [4.69, 9.17) is 30.6 Å². The van der Waals surface area contributed by atoms with Gasteiger partial charge in [0.25, 0.3) is 0 Å². The van der Waals surface area contributed by atoms with E-state index in [1.165, 1.54) is 22.9 Å². The van der Waals surface area contributed by atoms with Crippen LogP contribution in [0.5, 0.6) is 0 Å². The average molecular weight is 614 g/mol. The van der Waals surface area contributed by atoms with E-state index in [1.807, 2.05) is 12.1 Å². The Morgan fingerprint density at radius 3 is 2.65 bits per heavy atom. The highest BCUT2D eigenvalue weighted by atomic mass is 35.5. The van der Waals surface area contributed by atoms with Gasteiger partial charge in [0.15, 0.2) is 31.6 Å². The van der Waals surface area contributed by atoms with E-state index >= 15 is 0 Å². The quantitative estimate of drug-likeness (QED) is 0.194. The summed E-state index contributed by atoms with van der Waals surface area (Å²) in [5, 5.41) is 21.4. The monoisotopic (exact) mass is 613 g/mol. The van der Waals surface area contributed by atoms with Gasteiger partial charge in [-0.25, -0.2) is 4.98 Å². The molecule has 0 amide bonds. The Morgan fingerprint density at radius 1 is 1.15 bits per heavy atom. The molecular weight excluding hydrogens is 584 g/mol. The van der Waals surface area contributed by atoms with E-state index in [9.17, 15) is 19.7 Å². The number of hydrogen-bond acceptors (Lipinski definition) is 11. The lowest BCUT2D eigenvalue weighted by Gasteiger charge is -2.42. The summed E-state index contributed by atoms with van der Waals surface area (Å²) in [5.41, 5.74) is 2.85. The van der Waals surface area contributed by atoms with Crippen LogP contribution in [0.25, 0.3) is 11.2 Å². The predicted octanol–water partition coefficient (Wildman–Crippen LogP) is 2.95. The molecule has 1 aromatic carbocycles. The molecule has 1 aliphatic carbocycles. The number of nitrogens with zero attached hydrogens (tertiary/aromatic N) is 5. The molecule has 2 aromatic heterocycles. The normalized spacial score (nSPS) is 27.5. The molecule has 2 aliphatic heterocycles. The maximum Gasteiger partial charge on any atom is 0.337 e. The van der Waals surface area contributed by atoms with Gasteiger partial charge in [-0.15, -0.1) is 0 Å². The summed E-state index contributed by atoms with van der Waals surface area (Å²) in [7, 11) is -7.00. The van der Waals surface area contributed by atoms with Crippen molar-refractivity contribution in [3.8, 4) is 0 Å². The number of halogens is 1. The number of ether oxygens (including phenoxy) is 1. The third-order valence-electron chi connectivity index (χ3n) is 7.96. The molecule has 4 heterocycles. The summed E-state index contributed by atoms with van der Waals surface area (Å²) in [6, 6.07) is 8.22. The Kier molecular flexibility index (Phi) is 7.67. The molecule has 216 valence electrons. The highest BCUT2D eigenvalue weighted by Gasteiger charge is 2.48. The van der Waals surface area contributed by atoms with Gasteiger partial charge in [0, 0.05) is 5.69 Å². The third-order valence-corrected chi connectivity index (χ3v) is 11.1. The van der Waals surface area contributed by atoms with Crippen molar-refractivity contribution in [2.24, 2.45) is 0 Å². The molecule has 3 aliphatic rings. The van der Waals surface area contributed by atoms with Crippen molar-refractivity contribution in [1.29, 1.82) is 0 Å². The lowest BCUT2D eigenvalue weighted by Crippen LogP contribution is -2.46. The standard InChI is InChI=1S/C24H30ClN5O8P2/c25-23-27-20-17(21(28-23)30-15-7-3-2-6-14(15)10-24(30)8-4-1-5-9-24)26-12-29(20)22-19(32)18(31)16(38-22)11-37-40(35,36)13-39(33)34/h2-3,6-7,12,16,18-19,22,31-34H,1,4-5,8-11,13H2,(H,35,36). The average Bonchev–Trinajstić information content (AvgIpc) is 3.54. The zero-order chi connectivity index (χ0) is 28.2. The molecule has 5 atom stereocenters. The molecule has 16 heteroatoms. The number of para-hydroxylation sites is 1. The van der Waals surface area contributed by atoms with Crippen LogP contribution in [0, 0.1) is 0 Å². The topological polar surface area (TPSA) is 184 Å². The summed E-state index contributed by atoms with van der Waals surface area (Å²) in [5.74, 6) is -0.290. The first-order valence-electron chi connectivity index (χ1n) is 13.0. The van der Waals surface area contributed by atoms with E-state index in [0.29, 0.717) is 17.0 Å². The smallest absolute Gasteiger partial charge is 0.337 e. The van der Waals surface area contributed by atoms with Crippen molar-refractivity contribution in [3.05, 3.63) is 41.4 Å². The number of fused-ring (bicyclic) bond motifs is 2. The van der Waals surface area contributed by atoms with Gasteiger partial charge in [-0.1, -0.05) is 37.5 Å². The number of rotatable bonds is 7. The molecule has 6 rings (SSSR count). The number of hydrogen-bond donors (Lipinski definition) is 5. The Balaban J connectivity index is 1.34. The Bertz CT molecular complexity index is 1450. The highest BCUT2D eigenvalue weighted by molar-refractivity contribution is 7.67. The van der Waals surface area contributed by atoms with Crippen LogP contribution in [0.2, 0.25) is 5.28 Å². The van der Waals surface area contributed by atoms with Gasteiger partial charge in [0.1, 0.15) is 24.2 Å². The third kappa shape index (κ3) is 5.07. The predicted molar refractivity (Wildman–Crippen MR) is 146 cm³/mol. The van der Waals surface area contributed by atoms with Gasteiger partial charge in [-0.2, -0.15) is 9.97 Å². The largest absolute Gasteiger partial charge is 0.387 e. The molecule has 13 nitrogen and oxygen atoms in total. The number of aromatic nitrogens is 4. The molecule has 0 bridgehead atoms. The van der Waals surface area contributed by atoms with Gasteiger partial charge in [-0.05, 0) is 42.5 Å². The number of aliphatic hydroxyl groups is 2. The molecule has 5 N–H and O–H groups in total. The van der Waals surface area contributed by atoms with Gasteiger partial charge >= 0.3 is 7.60 Å². The molecule has 0 radical (unpaired) electrons. The van der Waals surface area contributed by atoms with Crippen LogP contribution in [0.15, 0.2) is 30.6 Å². The number of imidazole rings is 1. The van der Waals surface area contributed by atoms with Gasteiger partial charge in [0.05, 0.1) is 18.5 Å². The highest BCUT2D eigenvalue weighted by Crippen LogP contribution is 2.53. The molecule has 1 spiro atoms. The van der Waals surface area contributed by atoms with Crippen LogP contribution in [0.3, 0.4) is 0 Å². The van der Waals surface area contributed by atoms with E-state index in [-0.39, 0.29) is 10.8 Å². The lowest BCUT2D eigenvalue weighted by molar-refractivity contribution is -0.0483. The summed E-state index contributed by atoms with van der Waals surface area (Å²) in [4.78, 5) is 43.8. The van der Waals surface area contributed by atoms with Crippen LogP contribution in [-0.2, 0) is 20.2 Å². The first kappa shape index (κ1) is 28.4. The molecular formula is C24H30ClN5O8P2. The molecule has 3 aromatic rings. The van der Waals surface area contributed by atoms with Crippen molar-refractivity contribution in [2.45, 2.75) is 68.6 Å². The lowest BCUT2D eigenvalue weighted by atomic mass is 9.79. The van der Waals surface area contributed by atoms with Crippen molar-refractivity contribution in [1.82, 2.24) is 19.5 Å². The van der Waals surface area contributed by atoms with Crippen molar-refractivity contribution >= 4 is 50.2 Å². The van der Waals surface area contributed by atoms with E-state index in [0.717, 1.165) is 37.8 Å². The Labute approximate surface area is 235 Å². The minimum atomic E-state index is -4.34. The SMILES string of the molecule is O=P(O)(CP(O)O)OCC1OC(n2cnc3c(N4c5ccccc5CC45CCCCC5)nc(Cl)nc32)C(O)C1O. The summed E-state index contributed by atoms with van der Waals surface area (Å²) < 4.78 is 24.3. The Morgan fingerprint density at radius 2 is 1.90 bits per heavy atom. The molecule has 2 fully saturated rings. The second-order valence-corrected chi connectivity index (χ2v) is 14.3. The first-order valence-corrected chi connectivity index (χ1v) is 16.6. The van der Waals surface area contributed by atoms with Crippen LogP contribution in [-0.4, -0.2) is 80.8 Å². The number of anilines is 2. The fourth-order valence-corrected chi connectivity index (χ4v) is 8.37. The number of aliphatic hydroxyl groups excluding tert-OH is 2. The van der Waals surface area contributed by atoms with Crippen molar-refractivity contribution in [2.75, 3.05) is 17.4 Å². The maximum absolute atomic E-state index is 12.0. The van der Waals surface area contributed by atoms with Gasteiger partial charge in [0.2, 0.25) is 5.28 Å². The fourth-order valence-electron chi connectivity index (χ4n) is 6.22. The summed E-state index contributed by atoms with van der Waals surface area (Å²) in [6.07, 6.45) is 2.41. The molecule has 1 saturated heterocycles. The molecule has 1 saturated carbocycles. The van der Waals surface area contributed by atoms with Crippen LogP contribution in [0.4, 0.5) is 11.5 Å². The van der Waals surface area contributed by atoms with Crippen LogP contribution >= 0.6 is 27.6 Å². The fraction of sp³-hybridized carbons (Fsp3) is 0.542. The van der Waals surface area contributed by atoms with E-state index in [1.54, 1.807) is 0 Å². The van der Waals surface area contributed by atoms with Gasteiger partial charge in [-0.3, -0.25) is 9.13 Å².